The van der Waals surface area contributed by atoms with E-state index in [1.165, 1.54) is 17.7 Å². The Morgan fingerprint density at radius 3 is 2.05 bits per heavy atom. The van der Waals surface area contributed by atoms with Gasteiger partial charge in [-0.25, -0.2) is 0 Å². The van der Waals surface area contributed by atoms with Gasteiger partial charge in [-0.05, 0) is 55.6 Å². The smallest absolute Gasteiger partial charge is 0.0593 e. The Bertz CT molecular complexity index is 347. The lowest BCUT2D eigenvalue weighted by molar-refractivity contribution is 0.155. The van der Waals surface area contributed by atoms with E-state index in [0.29, 0.717) is 6.04 Å². The second-order valence-electron chi connectivity index (χ2n) is 6.93. The van der Waals surface area contributed by atoms with E-state index in [-0.39, 0.29) is 6.04 Å². The van der Waals surface area contributed by atoms with Crippen LogP contribution in [0.2, 0.25) is 0 Å². The lowest BCUT2D eigenvalue weighted by Gasteiger charge is -2.35. The fourth-order valence-electron chi connectivity index (χ4n) is 2.58. The molecule has 0 bridgehead atoms. The Morgan fingerprint density at radius 2 is 1.67 bits per heavy atom. The molecule has 2 unspecified atom stereocenters. The van der Waals surface area contributed by atoms with Crippen molar-refractivity contribution in [2.24, 2.45) is 17.6 Å². The highest BCUT2D eigenvalue weighted by molar-refractivity contribution is 7.10. The summed E-state index contributed by atoms with van der Waals surface area (Å²) in [6.45, 7) is 13.7. The second kappa shape index (κ2) is 9.60. The average Bonchev–Trinajstić information content (AvgIpc) is 2.94. The molecular weight excluding hydrogens is 276 g/mol. The number of hydrogen-bond acceptors (Lipinski definition) is 3. The zero-order chi connectivity index (χ0) is 15.8. The topological polar surface area (TPSA) is 29.3 Å². The van der Waals surface area contributed by atoms with E-state index in [0.717, 1.165) is 31.3 Å². The van der Waals surface area contributed by atoms with Crippen molar-refractivity contribution >= 4 is 11.3 Å². The lowest BCUT2D eigenvalue weighted by Crippen LogP contribution is -2.42. The summed E-state index contributed by atoms with van der Waals surface area (Å²) >= 11 is 1.85. The van der Waals surface area contributed by atoms with Gasteiger partial charge in [0.25, 0.3) is 0 Å². The molecule has 0 fully saturated rings. The van der Waals surface area contributed by atoms with Crippen LogP contribution in [-0.2, 0) is 0 Å². The quantitative estimate of drug-likeness (QED) is 0.664. The maximum Gasteiger partial charge on any atom is 0.0593 e. The van der Waals surface area contributed by atoms with Crippen molar-refractivity contribution in [3.8, 4) is 0 Å². The van der Waals surface area contributed by atoms with Crippen LogP contribution in [0.1, 0.15) is 64.8 Å². The van der Waals surface area contributed by atoms with Gasteiger partial charge in [0.05, 0.1) is 6.04 Å². The van der Waals surface area contributed by atoms with Gasteiger partial charge in [0.2, 0.25) is 0 Å². The molecule has 1 rings (SSSR count). The molecule has 0 amide bonds. The van der Waals surface area contributed by atoms with Gasteiger partial charge in [-0.15, -0.1) is 11.3 Å². The van der Waals surface area contributed by atoms with Gasteiger partial charge in [-0.2, -0.15) is 0 Å². The van der Waals surface area contributed by atoms with E-state index in [9.17, 15) is 0 Å². The van der Waals surface area contributed by atoms with Crippen molar-refractivity contribution in [1.82, 2.24) is 4.90 Å². The molecule has 0 saturated heterocycles. The van der Waals surface area contributed by atoms with Gasteiger partial charge >= 0.3 is 0 Å². The number of nitrogens with zero attached hydrogens (tertiary/aromatic N) is 1. The third-order valence-corrected chi connectivity index (χ3v) is 5.04. The van der Waals surface area contributed by atoms with Crippen molar-refractivity contribution in [3.63, 3.8) is 0 Å². The summed E-state index contributed by atoms with van der Waals surface area (Å²) < 4.78 is 0. The first-order valence-corrected chi connectivity index (χ1v) is 9.36. The van der Waals surface area contributed by atoms with Crippen LogP contribution in [-0.4, -0.2) is 24.0 Å². The van der Waals surface area contributed by atoms with Crippen LogP contribution >= 0.6 is 11.3 Å². The minimum absolute atomic E-state index is 0.225. The van der Waals surface area contributed by atoms with Crippen LogP contribution in [0.5, 0.6) is 0 Å². The van der Waals surface area contributed by atoms with E-state index in [2.05, 4.69) is 57.0 Å². The molecule has 1 aromatic rings. The standard InChI is InChI=1S/C18H34N2S/c1-6-16(19)18(17-8-7-13-21-17)20(11-9-14(2)3)12-10-15(4)5/h7-8,13-16,18H,6,9-12,19H2,1-5H3. The predicted octanol–water partition coefficient (Wildman–Crippen LogP) is 4.92. The summed E-state index contributed by atoms with van der Waals surface area (Å²) in [5.74, 6) is 1.49. The molecular formula is C18H34N2S. The summed E-state index contributed by atoms with van der Waals surface area (Å²) in [4.78, 5) is 4.07. The molecule has 1 aromatic heterocycles. The Morgan fingerprint density at radius 1 is 1.10 bits per heavy atom. The van der Waals surface area contributed by atoms with Gasteiger partial charge in [0, 0.05) is 10.9 Å². The Balaban J connectivity index is 2.87. The zero-order valence-electron chi connectivity index (χ0n) is 14.5. The molecule has 0 aliphatic rings. The Labute approximate surface area is 135 Å². The first-order valence-electron chi connectivity index (χ1n) is 8.48. The van der Waals surface area contributed by atoms with Crippen LogP contribution in [0.3, 0.4) is 0 Å². The van der Waals surface area contributed by atoms with Gasteiger partial charge in [0.1, 0.15) is 0 Å². The molecule has 0 radical (unpaired) electrons. The highest BCUT2D eigenvalue weighted by Crippen LogP contribution is 2.30. The summed E-state index contributed by atoms with van der Waals surface area (Å²) in [5, 5.41) is 2.17. The maximum atomic E-state index is 6.49. The van der Waals surface area contributed by atoms with E-state index in [4.69, 9.17) is 5.73 Å². The monoisotopic (exact) mass is 310 g/mol. The summed E-state index contributed by atoms with van der Waals surface area (Å²) in [7, 11) is 0. The first kappa shape index (κ1) is 18.7. The normalized spacial score (nSPS) is 15.1. The van der Waals surface area contributed by atoms with E-state index in [1.54, 1.807) is 0 Å². The molecule has 3 heteroatoms. The van der Waals surface area contributed by atoms with Crippen molar-refractivity contribution in [1.29, 1.82) is 0 Å². The second-order valence-corrected chi connectivity index (χ2v) is 7.91. The van der Waals surface area contributed by atoms with E-state index >= 15 is 0 Å². The highest BCUT2D eigenvalue weighted by atomic mass is 32.1. The van der Waals surface area contributed by atoms with Gasteiger partial charge in [0.15, 0.2) is 0 Å². The number of thiophene rings is 1. The largest absolute Gasteiger partial charge is 0.326 e. The maximum absolute atomic E-state index is 6.49. The summed E-state index contributed by atoms with van der Waals surface area (Å²) in [6.07, 6.45) is 3.52. The molecule has 0 aliphatic heterocycles. The first-order chi connectivity index (χ1) is 9.95. The lowest BCUT2D eigenvalue weighted by atomic mass is 10.00. The van der Waals surface area contributed by atoms with Crippen molar-refractivity contribution in [2.75, 3.05) is 13.1 Å². The average molecular weight is 311 g/mol. The third-order valence-electron chi connectivity index (χ3n) is 4.09. The van der Waals surface area contributed by atoms with Crippen LogP contribution in [0, 0.1) is 11.8 Å². The van der Waals surface area contributed by atoms with Crippen LogP contribution in [0.15, 0.2) is 17.5 Å². The molecule has 0 saturated carbocycles. The molecule has 2 atom stereocenters. The van der Waals surface area contributed by atoms with Crippen molar-refractivity contribution in [2.45, 2.75) is 66.0 Å². The van der Waals surface area contributed by atoms with Gasteiger partial charge in [-0.1, -0.05) is 40.7 Å². The Hall–Kier alpha value is -0.380. The highest BCUT2D eigenvalue weighted by Gasteiger charge is 2.26. The zero-order valence-corrected chi connectivity index (χ0v) is 15.3. The van der Waals surface area contributed by atoms with Crippen LogP contribution < -0.4 is 5.73 Å². The molecule has 122 valence electrons. The predicted molar refractivity (Wildman–Crippen MR) is 95.8 cm³/mol. The number of hydrogen-bond donors (Lipinski definition) is 1. The summed E-state index contributed by atoms with van der Waals surface area (Å²) in [5.41, 5.74) is 6.49. The molecule has 21 heavy (non-hydrogen) atoms. The molecule has 0 aromatic carbocycles. The SMILES string of the molecule is CCC(N)C(c1cccs1)N(CCC(C)C)CCC(C)C. The minimum Gasteiger partial charge on any atom is -0.326 e. The molecule has 0 spiro atoms. The molecule has 0 aliphatic carbocycles. The summed E-state index contributed by atoms with van der Waals surface area (Å²) in [6, 6.07) is 5.01. The Kier molecular flexibility index (Phi) is 8.53. The number of nitrogens with two attached hydrogens (primary N) is 1. The van der Waals surface area contributed by atoms with Gasteiger partial charge in [-0.3, -0.25) is 4.90 Å². The van der Waals surface area contributed by atoms with E-state index in [1.807, 2.05) is 11.3 Å². The third kappa shape index (κ3) is 6.50. The minimum atomic E-state index is 0.225. The van der Waals surface area contributed by atoms with Gasteiger partial charge < -0.3 is 5.73 Å². The van der Waals surface area contributed by atoms with Crippen molar-refractivity contribution in [3.05, 3.63) is 22.4 Å². The van der Waals surface area contributed by atoms with Crippen molar-refractivity contribution < 1.29 is 0 Å². The fourth-order valence-corrected chi connectivity index (χ4v) is 3.52. The number of rotatable bonds is 10. The molecule has 2 nitrogen and oxygen atoms in total. The molecule has 2 N–H and O–H groups in total. The van der Waals surface area contributed by atoms with Crippen LogP contribution in [0.25, 0.3) is 0 Å². The van der Waals surface area contributed by atoms with Crippen LogP contribution in [0.4, 0.5) is 0 Å². The fraction of sp³-hybridized carbons (Fsp3) is 0.778. The van der Waals surface area contributed by atoms with E-state index < -0.39 is 0 Å². The molecule has 1 heterocycles.